The van der Waals surface area contributed by atoms with Crippen LogP contribution in [0.25, 0.3) is 0 Å². The fourth-order valence-electron chi connectivity index (χ4n) is 1.13. The smallest absolute Gasteiger partial charge is 0.278 e. The van der Waals surface area contributed by atoms with E-state index in [0.29, 0.717) is 11.3 Å². The van der Waals surface area contributed by atoms with Crippen LogP contribution in [0.5, 0.6) is 5.75 Å². The molecule has 6 heteroatoms. The number of hydrogen-bond acceptors (Lipinski definition) is 4. The molecule has 1 aromatic rings. The lowest BCUT2D eigenvalue weighted by Crippen LogP contribution is -2.31. The Morgan fingerprint density at radius 3 is 2.65 bits per heavy atom. The van der Waals surface area contributed by atoms with E-state index in [1.807, 2.05) is 0 Å². The molecule has 2 amide bonds. The van der Waals surface area contributed by atoms with E-state index in [1.54, 1.807) is 24.3 Å². The second-order valence-corrected chi connectivity index (χ2v) is 3.09. The number of ether oxygens (including phenoxy) is 1. The minimum Gasteiger partial charge on any atom is -0.496 e. The maximum absolute atomic E-state index is 11.6. The molecular weight excluding hydrogens is 224 g/mol. The lowest BCUT2D eigenvalue weighted by molar-refractivity contribution is -0.126. The van der Waals surface area contributed by atoms with Crippen molar-refractivity contribution in [3.8, 4) is 5.75 Å². The molecule has 0 unspecified atom stereocenters. The second-order valence-electron chi connectivity index (χ2n) is 3.09. The zero-order valence-electron chi connectivity index (χ0n) is 9.65. The zero-order chi connectivity index (χ0) is 12.7. The number of carbonyl (C=O) groups is 2. The van der Waals surface area contributed by atoms with E-state index in [9.17, 15) is 9.59 Å². The number of methoxy groups -OCH3 is 1. The first kappa shape index (κ1) is 13.0. The Morgan fingerprint density at radius 2 is 2.00 bits per heavy atom. The van der Waals surface area contributed by atoms with Gasteiger partial charge in [0.2, 0.25) is 5.91 Å². The molecule has 0 heterocycles. The van der Waals surface area contributed by atoms with Crippen LogP contribution < -0.4 is 15.5 Å². The molecular formula is C11H14N2O4. The van der Waals surface area contributed by atoms with E-state index in [4.69, 9.17) is 9.57 Å². The van der Waals surface area contributed by atoms with Crippen LogP contribution in [-0.4, -0.2) is 32.6 Å². The number of nitrogens with one attached hydrogen (secondary N) is 2. The van der Waals surface area contributed by atoms with Crippen LogP contribution in [0.4, 0.5) is 0 Å². The minimum absolute atomic E-state index is 0.239. The van der Waals surface area contributed by atoms with Crippen LogP contribution in [0.15, 0.2) is 24.3 Å². The van der Waals surface area contributed by atoms with Crippen LogP contribution >= 0.6 is 0 Å². The molecule has 0 saturated carbocycles. The van der Waals surface area contributed by atoms with Crippen molar-refractivity contribution < 1.29 is 19.2 Å². The predicted octanol–water partition coefficient (Wildman–Crippen LogP) is 0.103. The summed E-state index contributed by atoms with van der Waals surface area (Å²) < 4.78 is 5.02. The molecule has 2 N–H and O–H groups in total. The molecule has 0 aliphatic carbocycles. The molecule has 92 valence electrons. The van der Waals surface area contributed by atoms with Crippen LogP contribution in [0, 0.1) is 0 Å². The molecule has 0 spiro atoms. The van der Waals surface area contributed by atoms with Gasteiger partial charge in [0.25, 0.3) is 5.91 Å². The lowest BCUT2D eigenvalue weighted by atomic mass is 10.2. The summed E-state index contributed by atoms with van der Waals surface area (Å²) >= 11 is 0. The van der Waals surface area contributed by atoms with Crippen LogP contribution in [0.3, 0.4) is 0 Å². The standard InChI is InChI=1S/C11H14N2O4/c1-12-10(14)7-17-13-11(15)8-5-3-4-6-9(8)16-2/h3-6H,7H2,1-2H3,(H,12,14)(H,13,15). The van der Waals surface area contributed by atoms with Gasteiger partial charge in [0, 0.05) is 7.05 Å². The third-order valence-corrected chi connectivity index (χ3v) is 2.00. The quantitative estimate of drug-likeness (QED) is 0.713. The number of rotatable bonds is 5. The first-order chi connectivity index (χ1) is 8.19. The van der Waals surface area contributed by atoms with Gasteiger partial charge < -0.3 is 10.1 Å². The van der Waals surface area contributed by atoms with E-state index in [1.165, 1.54) is 14.2 Å². The normalized spacial score (nSPS) is 9.53. The summed E-state index contributed by atoms with van der Waals surface area (Å²) in [5.74, 6) is -0.356. The van der Waals surface area contributed by atoms with E-state index >= 15 is 0 Å². The van der Waals surface area contributed by atoms with Gasteiger partial charge in [-0.05, 0) is 12.1 Å². The first-order valence-electron chi connectivity index (χ1n) is 4.94. The van der Waals surface area contributed by atoms with Crippen molar-refractivity contribution in [3.05, 3.63) is 29.8 Å². The number of amides is 2. The van der Waals surface area contributed by atoms with Gasteiger partial charge in [-0.15, -0.1) is 0 Å². The monoisotopic (exact) mass is 238 g/mol. The van der Waals surface area contributed by atoms with Gasteiger partial charge in [0.1, 0.15) is 5.75 Å². The van der Waals surface area contributed by atoms with E-state index in [2.05, 4.69) is 10.8 Å². The molecule has 0 radical (unpaired) electrons. The molecule has 0 fully saturated rings. The molecule has 0 saturated heterocycles. The van der Waals surface area contributed by atoms with E-state index in [0.717, 1.165) is 0 Å². The van der Waals surface area contributed by atoms with E-state index in [-0.39, 0.29) is 12.5 Å². The van der Waals surface area contributed by atoms with Crippen molar-refractivity contribution >= 4 is 11.8 Å². The van der Waals surface area contributed by atoms with Gasteiger partial charge in [0.15, 0.2) is 6.61 Å². The highest BCUT2D eigenvalue weighted by atomic mass is 16.7. The summed E-state index contributed by atoms with van der Waals surface area (Å²) in [5.41, 5.74) is 2.50. The van der Waals surface area contributed by atoms with Gasteiger partial charge in [0.05, 0.1) is 12.7 Å². The summed E-state index contributed by atoms with van der Waals surface area (Å²) in [4.78, 5) is 27.2. The summed E-state index contributed by atoms with van der Waals surface area (Å²) in [6.07, 6.45) is 0. The van der Waals surface area contributed by atoms with Gasteiger partial charge in [-0.1, -0.05) is 12.1 Å². The van der Waals surface area contributed by atoms with Crippen LogP contribution in [-0.2, 0) is 9.63 Å². The van der Waals surface area contributed by atoms with Gasteiger partial charge in [-0.25, -0.2) is 5.48 Å². The molecule has 6 nitrogen and oxygen atoms in total. The Balaban J connectivity index is 2.55. The summed E-state index contributed by atoms with van der Waals surface area (Å²) in [6, 6.07) is 6.71. The SMILES string of the molecule is CNC(=O)CONC(=O)c1ccccc1OC. The topological polar surface area (TPSA) is 76.7 Å². The largest absolute Gasteiger partial charge is 0.496 e. The minimum atomic E-state index is -0.466. The second kappa shape index (κ2) is 6.49. The van der Waals surface area contributed by atoms with Crippen molar-refractivity contribution in [2.45, 2.75) is 0 Å². The molecule has 0 aliphatic rings. The number of para-hydroxylation sites is 1. The maximum Gasteiger partial charge on any atom is 0.278 e. The highest BCUT2D eigenvalue weighted by Crippen LogP contribution is 2.16. The Morgan fingerprint density at radius 1 is 1.29 bits per heavy atom. The van der Waals surface area contributed by atoms with Crippen molar-refractivity contribution in [2.75, 3.05) is 20.8 Å². The van der Waals surface area contributed by atoms with Gasteiger partial charge >= 0.3 is 0 Å². The Kier molecular flexibility index (Phi) is 4.96. The number of benzene rings is 1. The number of carbonyl (C=O) groups excluding carboxylic acids is 2. The number of hydrogen-bond donors (Lipinski definition) is 2. The number of hydroxylamine groups is 1. The molecule has 0 aromatic heterocycles. The van der Waals surface area contributed by atoms with Gasteiger partial charge in [-0.3, -0.25) is 14.4 Å². The van der Waals surface area contributed by atoms with Crippen molar-refractivity contribution in [2.24, 2.45) is 0 Å². The number of likely N-dealkylation sites (N-methyl/N-ethyl adjacent to an activating group) is 1. The average Bonchev–Trinajstić information content (AvgIpc) is 2.38. The Bertz CT molecular complexity index is 406. The maximum atomic E-state index is 11.6. The summed E-state index contributed by atoms with van der Waals surface area (Å²) in [5, 5.41) is 2.36. The van der Waals surface area contributed by atoms with Gasteiger partial charge in [-0.2, -0.15) is 0 Å². The van der Waals surface area contributed by atoms with Crippen LogP contribution in [0.2, 0.25) is 0 Å². The molecule has 1 rings (SSSR count). The van der Waals surface area contributed by atoms with Crippen LogP contribution in [0.1, 0.15) is 10.4 Å². The molecule has 0 aliphatic heterocycles. The summed E-state index contributed by atoms with van der Waals surface area (Å²) in [6.45, 7) is -0.239. The lowest BCUT2D eigenvalue weighted by Gasteiger charge is -2.08. The van der Waals surface area contributed by atoms with Crippen molar-refractivity contribution in [3.63, 3.8) is 0 Å². The molecule has 0 atom stereocenters. The average molecular weight is 238 g/mol. The Labute approximate surface area is 98.9 Å². The van der Waals surface area contributed by atoms with Crippen molar-refractivity contribution in [1.82, 2.24) is 10.8 Å². The predicted molar refractivity (Wildman–Crippen MR) is 60.5 cm³/mol. The highest BCUT2D eigenvalue weighted by molar-refractivity contribution is 5.96. The fraction of sp³-hybridized carbons (Fsp3) is 0.273. The first-order valence-corrected chi connectivity index (χ1v) is 4.94. The zero-order valence-corrected chi connectivity index (χ0v) is 9.65. The van der Waals surface area contributed by atoms with Crippen molar-refractivity contribution in [1.29, 1.82) is 0 Å². The summed E-state index contributed by atoms with van der Waals surface area (Å²) in [7, 11) is 2.95. The molecule has 17 heavy (non-hydrogen) atoms. The fourth-order valence-corrected chi connectivity index (χ4v) is 1.13. The molecule has 1 aromatic carbocycles. The molecule has 0 bridgehead atoms. The third kappa shape index (κ3) is 3.76. The Hall–Kier alpha value is -2.08. The highest BCUT2D eigenvalue weighted by Gasteiger charge is 2.11. The third-order valence-electron chi connectivity index (χ3n) is 2.00. The van der Waals surface area contributed by atoms with E-state index < -0.39 is 5.91 Å².